The second kappa shape index (κ2) is 9.32. The molecule has 4 aromatic carbocycles. The minimum atomic E-state index is -0.598. The van der Waals surface area contributed by atoms with Gasteiger partial charge in [0.2, 0.25) is 0 Å². The lowest BCUT2D eigenvalue weighted by molar-refractivity contribution is -0.120. The first kappa shape index (κ1) is 23.3. The Bertz CT molecular complexity index is 1570. The van der Waals surface area contributed by atoms with Crippen LogP contribution in [0.25, 0.3) is 10.8 Å². The number of carbonyl (C=O) groups excluding carboxylic acids is 3. The maximum atomic E-state index is 13.2. The third-order valence-electron chi connectivity index (χ3n) is 5.92. The van der Waals surface area contributed by atoms with Gasteiger partial charge < -0.3 is 10.6 Å². The van der Waals surface area contributed by atoms with Gasteiger partial charge in [-0.05, 0) is 66.8 Å². The fraction of sp³-hybridized carbons (Fsp3) is 0.0690. The van der Waals surface area contributed by atoms with Crippen molar-refractivity contribution in [1.82, 2.24) is 0 Å². The van der Waals surface area contributed by atoms with Gasteiger partial charge in [-0.1, -0.05) is 60.1 Å². The zero-order valence-corrected chi connectivity index (χ0v) is 20.4. The summed E-state index contributed by atoms with van der Waals surface area (Å²) in [4.78, 5) is 40.1. The molecule has 0 spiro atoms. The van der Waals surface area contributed by atoms with Crippen LogP contribution in [0.1, 0.15) is 21.5 Å². The van der Waals surface area contributed by atoms with E-state index < -0.39 is 11.8 Å². The molecule has 7 heteroatoms. The number of rotatable bonds is 5. The molecule has 2 N–H and O–H groups in total. The number of benzene rings is 4. The van der Waals surface area contributed by atoms with Crippen molar-refractivity contribution in [3.63, 3.8) is 0 Å². The molecule has 1 aliphatic rings. The largest absolute Gasteiger partial charge is 0.350 e. The molecule has 5 rings (SSSR count). The lowest BCUT2D eigenvalue weighted by Gasteiger charge is -2.16. The molecule has 36 heavy (non-hydrogen) atoms. The third kappa shape index (κ3) is 4.34. The molecule has 0 saturated heterocycles. The fourth-order valence-corrected chi connectivity index (χ4v) is 4.55. The van der Waals surface area contributed by atoms with E-state index in [0.717, 1.165) is 26.8 Å². The number of halogens is 1. The zero-order valence-electron chi connectivity index (χ0n) is 19.6. The van der Waals surface area contributed by atoms with Gasteiger partial charge >= 0.3 is 0 Å². The van der Waals surface area contributed by atoms with Crippen LogP contribution in [-0.2, 0) is 9.59 Å². The second-order valence-corrected chi connectivity index (χ2v) is 9.05. The van der Waals surface area contributed by atoms with E-state index in [2.05, 4.69) is 10.6 Å². The number of imide groups is 1. The highest BCUT2D eigenvalue weighted by molar-refractivity contribution is 6.53. The summed E-state index contributed by atoms with van der Waals surface area (Å²) in [5.41, 5.74) is 3.81. The SMILES string of the molecule is Cc1cc(C)cc(N2C(=O)C(Cl)=C(Nc3cccc(C(=O)Nc4cccc5ccccc45)c3)C2=O)c1. The van der Waals surface area contributed by atoms with Crippen molar-refractivity contribution in [3.05, 3.63) is 112 Å². The maximum absolute atomic E-state index is 13.2. The summed E-state index contributed by atoms with van der Waals surface area (Å²) in [5.74, 6) is -1.46. The molecule has 6 nitrogen and oxygen atoms in total. The number of aryl methyl sites for hydroxylation is 2. The number of fused-ring (bicyclic) bond motifs is 1. The highest BCUT2D eigenvalue weighted by Gasteiger charge is 2.39. The molecule has 3 amide bonds. The van der Waals surface area contributed by atoms with Crippen LogP contribution in [0.5, 0.6) is 0 Å². The Balaban J connectivity index is 1.38. The first-order valence-electron chi connectivity index (χ1n) is 11.3. The van der Waals surface area contributed by atoms with Crippen LogP contribution in [-0.4, -0.2) is 17.7 Å². The van der Waals surface area contributed by atoms with E-state index >= 15 is 0 Å². The lowest BCUT2D eigenvalue weighted by Crippen LogP contribution is -2.32. The molecule has 1 aliphatic heterocycles. The van der Waals surface area contributed by atoms with Gasteiger partial charge in [-0.15, -0.1) is 0 Å². The number of hydrogen-bond acceptors (Lipinski definition) is 4. The first-order chi connectivity index (χ1) is 17.3. The Morgan fingerprint density at radius 2 is 1.50 bits per heavy atom. The minimum Gasteiger partial charge on any atom is -0.350 e. The summed E-state index contributed by atoms with van der Waals surface area (Å²) in [6.45, 7) is 3.79. The lowest BCUT2D eigenvalue weighted by atomic mass is 10.1. The predicted octanol–water partition coefficient (Wildman–Crippen LogP) is 6.14. The Kier molecular flexibility index (Phi) is 6.04. The van der Waals surface area contributed by atoms with Crippen molar-refractivity contribution in [2.45, 2.75) is 13.8 Å². The predicted molar refractivity (Wildman–Crippen MR) is 143 cm³/mol. The summed E-state index contributed by atoms with van der Waals surface area (Å²) in [6.07, 6.45) is 0. The van der Waals surface area contributed by atoms with Gasteiger partial charge in [0.1, 0.15) is 10.7 Å². The highest BCUT2D eigenvalue weighted by Crippen LogP contribution is 2.31. The molecule has 0 atom stereocenters. The summed E-state index contributed by atoms with van der Waals surface area (Å²) in [7, 11) is 0. The molecule has 0 fully saturated rings. The van der Waals surface area contributed by atoms with E-state index in [1.165, 1.54) is 0 Å². The van der Waals surface area contributed by atoms with E-state index in [0.29, 0.717) is 22.6 Å². The van der Waals surface area contributed by atoms with Gasteiger partial charge in [0.05, 0.1) is 5.69 Å². The Hall–Kier alpha value is -4.42. The number of hydrogen-bond donors (Lipinski definition) is 2. The van der Waals surface area contributed by atoms with Gasteiger partial charge in [0.25, 0.3) is 17.7 Å². The van der Waals surface area contributed by atoms with Gasteiger partial charge in [-0.2, -0.15) is 0 Å². The molecule has 0 saturated carbocycles. The summed E-state index contributed by atoms with van der Waals surface area (Å²) in [5, 5.41) is 7.64. The fourth-order valence-electron chi connectivity index (χ4n) is 4.34. The normalized spacial score (nSPS) is 13.5. The first-order valence-corrected chi connectivity index (χ1v) is 11.7. The monoisotopic (exact) mass is 495 g/mol. The summed E-state index contributed by atoms with van der Waals surface area (Å²) >= 11 is 6.29. The smallest absolute Gasteiger partial charge is 0.283 e. The maximum Gasteiger partial charge on any atom is 0.283 e. The zero-order chi connectivity index (χ0) is 25.4. The summed E-state index contributed by atoms with van der Waals surface area (Å²) in [6, 6.07) is 25.6. The number of nitrogens with one attached hydrogen (secondary N) is 2. The van der Waals surface area contributed by atoms with Crippen molar-refractivity contribution >= 4 is 57.2 Å². The number of nitrogens with zero attached hydrogens (tertiary/aromatic N) is 1. The molecule has 0 aliphatic carbocycles. The Morgan fingerprint density at radius 3 is 2.28 bits per heavy atom. The van der Waals surface area contributed by atoms with Gasteiger partial charge in [0, 0.05) is 22.3 Å². The molecule has 178 valence electrons. The third-order valence-corrected chi connectivity index (χ3v) is 6.27. The van der Waals surface area contributed by atoms with Crippen molar-refractivity contribution in [1.29, 1.82) is 0 Å². The van der Waals surface area contributed by atoms with E-state index in [4.69, 9.17) is 11.6 Å². The van der Waals surface area contributed by atoms with Crippen molar-refractivity contribution in [3.8, 4) is 0 Å². The molecule has 0 radical (unpaired) electrons. The van der Waals surface area contributed by atoms with Crippen LogP contribution in [0.15, 0.2) is 95.7 Å². The van der Waals surface area contributed by atoms with E-state index in [1.54, 1.807) is 36.4 Å². The number of anilines is 3. The Morgan fingerprint density at radius 1 is 0.806 bits per heavy atom. The van der Waals surface area contributed by atoms with Crippen LogP contribution < -0.4 is 15.5 Å². The van der Waals surface area contributed by atoms with Crippen LogP contribution in [0.3, 0.4) is 0 Å². The molecular formula is C29H22ClN3O3. The van der Waals surface area contributed by atoms with E-state index in [-0.39, 0.29) is 16.6 Å². The van der Waals surface area contributed by atoms with E-state index in [1.807, 2.05) is 62.4 Å². The van der Waals surface area contributed by atoms with Gasteiger partial charge in [-0.25, -0.2) is 4.90 Å². The van der Waals surface area contributed by atoms with Crippen molar-refractivity contribution in [2.24, 2.45) is 0 Å². The molecule has 0 bridgehead atoms. The van der Waals surface area contributed by atoms with Crippen LogP contribution in [0.2, 0.25) is 0 Å². The molecule has 4 aromatic rings. The quantitative estimate of drug-likeness (QED) is 0.326. The Labute approximate surface area is 213 Å². The standard InChI is InChI=1S/C29H22ClN3O3/c1-17-13-18(2)15-22(14-17)33-28(35)25(30)26(29(33)36)31-21-10-5-9-20(16-21)27(34)32-24-12-6-8-19-7-3-4-11-23(19)24/h3-16,31H,1-2H3,(H,32,34). The summed E-state index contributed by atoms with van der Waals surface area (Å²) < 4.78 is 0. The van der Waals surface area contributed by atoms with E-state index in [9.17, 15) is 14.4 Å². The highest BCUT2D eigenvalue weighted by atomic mass is 35.5. The molecule has 0 unspecified atom stereocenters. The van der Waals surface area contributed by atoms with Gasteiger partial charge in [-0.3, -0.25) is 14.4 Å². The average molecular weight is 496 g/mol. The van der Waals surface area contributed by atoms with Crippen molar-refractivity contribution < 1.29 is 14.4 Å². The van der Waals surface area contributed by atoms with Crippen LogP contribution in [0.4, 0.5) is 17.1 Å². The van der Waals surface area contributed by atoms with Gasteiger partial charge in [0.15, 0.2) is 0 Å². The van der Waals surface area contributed by atoms with Crippen LogP contribution in [0, 0.1) is 13.8 Å². The second-order valence-electron chi connectivity index (χ2n) is 8.67. The minimum absolute atomic E-state index is 0.0348. The number of carbonyl (C=O) groups is 3. The van der Waals surface area contributed by atoms with Crippen LogP contribution >= 0.6 is 11.6 Å². The number of amides is 3. The topological polar surface area (TPSA) is 78.5 Å². The average Bonchev–Trinajstić information content (AvgIpc) is 3.07. The van der Waals surface area contributed by atoms with Crippen molar-refractivity contribution in [2.75, 3.05) is 15.5 Å². The molecule has 1 heterocycles. The molecular weight excluding hydrogens is 474 g/mol. The molecule has 0 aromatic heterocycles.